The van der Waals surface area contributed by atoms with Crippen LogP contribution in [0, 0.1) is 11.8 Å². The van der Waals surface area contributed by atoms with E-state index in [9.17, 15) is 0 Å². The molecule has 5 heteroatoms. The fraction of sp³-hybridized carbons (Fsp3) is 0.739. The Morgan fingerprint density at radius 3 is 2.07 bits per heavy atom. The largest absolute Gasteiger partial charge is 0.497 e. The van der Waals surface area contributed by atoms with E-state index >= 15 is 0 Å². The lowest BCUT2D eigenvalue weighted by Gasteiger charge is -2.44. The molecular formula is C23H41IO3Si. The molecule has 162 valence electrons. The SMILES string of the molecule is COc1ccc(COC(C)C(C)C(O[Si](C)(C)C(C)(C)C)C(C)CCI)cc1. The van der Waals surface area contributed by atoms with Crippen molar-refractivity contribution in [1.82, 2.24) is 0 Å². The number of hydrogen-bond acceptors (Lipinski definition) is 3. The molecule has 0 saturated heterocycles. The molecule has 0 spiro atoms. The molecule has 0 fully saturated rings. The number of rotatable bonds is 11. The van der Waals surface area contributed by atoms with Crippen LogP contribution in [0.2, 0.25) is 18.1 Å². The summed E-state index contributed by atoms with van der Waals surface area (Å²) >= 11 is 2.47. The van der Waals surface area contributed by atoms with Gasteiger partial charge in [-0.2, -0.15) is 0 Å². The monoisotopic (exact) mass is 520 g/mol. The predicted molar refractivity (Wildman–Crippen MR) is 131 cm³/mol. The third kappa shape index (κ3) is 7.61. The topological polar surface area (TPSA) is 27.7 Å². The molecule has 0 N–H and O–H groups in total. The Morgan fingerprint density at radius 2 is 1.61 bits per heavy atom. The van der Waals surface area contributed by atoms with Crippen LogP contribution in [0.5, 0.6) is 5.75 Å². The molecular weight excluding hydrogens is 479 g/mol. The van der Waals surface area contributed by atoms with Crippen molar-refractivity contribution in [3.63, 3.8) is 0 Å². The van der Waals surface area contributed by atoms with Gasteiger partial charge in [0.1, 0.15) is 5.75 Å². The summed E-state index contributed by atoms with van der Waals surface area (Å²) in [4.78, 5) is 0. The lowest BCUT2D eigenvalue weighted by Crippen LogP contribution is -2.49. The minimum Gasteiger partial charge on any atom is -0.497 e. The maximum Gasteiger partial charge on any atom is 0.192 e. The van der Waals surface area contributed by atoms with Crippen molar-refractivity contribution in [1.29, 1.82) is 0 Å². The van der Waals surface area contributed by atoms with Crippen LogP contribution in [0.15, 0.2) is 24.3 Å². The highest BCUT2D eigenvalue weighted by Gasteiger charge is 2.42. The fourth-order valence-corrected chi connectivity index (χ4v) is 5.43. The molecule has 1 aromatic rings. The molecule has 4 unspecified atom stereocenters. The van der Waals surface area contributed by atoms with Crippen LogP contribution in [0.4, 0.5) is 0 Å². The molecule has 0 aromatic heterocycles. The highest BCUT2D eigenvalue weighted by Crippen LogP contribution is 2.40. The second-order valence-electron chi connectivity index (χ2n) is 9.52. The van der Waals surface area contributed by atoms with Crippen molar-refractivity contribution in [3.8, 4) is 5.75 Å². The van der Waals surface area contributed by atoms with Gasteiger partial charge in [0.25, 0.3) is 0 Å². The third-order valence-corrected chi connectivity index (χ3v) is 11.4. The van der Waals surface area contributed by atoms with Gasteiger partial charge < -0.3 is 13.9 Å². The van der Waals surface area contributed by atoms with Crippen molar-refractivity contribution in [3.05, 3.63) is 29.8 Å². The van der Waals surface area contributed by atoms with E-state index in [1.807, 2.05) is 12.1 Å². The Kier molecular flexibility index (Phi) is 10.5. The summed E-state index contributed by atoms with van der Waals surface area (Å²) in [5.74, 6) is 1.74. The summed E-state index contributed by atoms with van der Waals surface area (Å²) in [6.07, 6.45) is 1.53. The number of benzene rings is 1. The Hall–Kier alpha value is -0.113. The summed E-state index contributed by atoms with van der Waals surface area (Å²) in [5, 5.41) is 0.211. The van der Waals surface area contributed by atoms with Crippen LogP contribution in [-0.4, -0.2) is 32.1 Å². The third-order valence-electron chi connectivity index (χ3n) is 6.29. The first-order valence-electron chi connectivity index (χ1n) is 10.4. The van der Waals surface area contributed by atoms with Crippen LogP contribution >= 0.6 is 22.6 Å². The molecule has 0 aliphatic rings. The van der Waals surface area contributed by atoms with Gasteiger partial charge >= 0.3 is 0 Å². The lowest BCUT2D eigenvalue weighted by molar-refractivity contribution is -0.0394. The highest BCUT2D eigenvalue weighted by atomic mass is 127. The van der Waals surface area contributed by atoms with Crippen LogP contribution in [0.1, 0.15) is 53.5 Å². The quantitative estimate of drug-likeness (QED) is 0.177. The average Bonchev–Trinajstić information content (AvgIpc) is 2.63. The number of halogens is 1. The standard InChI is InChI=1S/C23H41IO3Si/c1-17(14-15-24)22(27-28(8,9)23(4,5)6)18(2)19(3)26-16-20-10-12-21(25-7)13-11-20/h10-13,17-19,22H,14-16H2,1-9H3. The van der Waals surface area contributed by atoms with Crippen LogP contribution < -0.4 is 4.74 Å². The number of hydrogen-bond donors (Lipinski definition) is 0. The van der Waals surface area contributed by atoms with Crippen LogP contribution in [0.3, 0.4) is 0 Å². The Balaban J connectivity index is 2.83. The molecule has 0 amide bonds. The van der Waals surface area contributed by atoms with Gasteiger partial charge in [-0.25, -0.2) is 0 Å². The smallest absolute Gasteiger partial charge is 0.192 e. The van der Waals surface area contributed by atoms with Gasteiger partial charge in [-0.05, 0) is 59.5 Å². The number of methoxy groups -OCH3 is 1. The van der Waals surface area contributed by atoms with E-state index in [1.54, 1.807) is 7.11 Å². The molecule has 1 aromatic carbocycles. The van der Waals surface area contributed by atoms with Gasteiger partial charge in [0.15, 0.2) is 8.32 Å². The van der Waals surface area contributed by atoms with Crippen molar-refractivity contribution in [2.24, 2.45) is 11.8 Å². The summed E-state index contributed by atoms with van der Waals surface area (Å²) in [5.41, 5.74) is 1.17. The molecule has 0 radical (unpaired) electrons. The van der Waals surface area contributed by atoms with Gasteiger partial charge in [0, 0.05) is 5.92 Å². The number of ether oxygens (including phenoxy) is 2. The van der Waals surface area contributed by atoms with Gasteiger partial charge in [0.2, 0.25) is 0 Å². The normalized spacial score (nSPS) is 17.1. The fourth-order valence-electron chi connectivity index (χ4n) is 2.96. The van der Waals surface area contributed by atoms with E-state index in [0.717, 1.165) is 10.2 Å². The molecule has 0 saturated carbocycles. The molecule has 28 heavy (non-hydrogen) atoms. The van der Waals surface area contributed by atoms with Crippen molar-refractivity contribution < 1.29 is 13.9 Å². The first-order chi connectivity index (χ1) is 12.9. The predicted octanol–water partition coefficient (Wildman–Crippen LogP) is 7.09. The van der Waals surface area contributed by atoms with Crippen LogP contribution in [-0.2, 0) is 15.8 Å². The molecule has 0 bridgehead atoms. The minimum atomic E-state index is -1.84. The maximum absolute atomic E-state index is 6.92. The molecule has 0 aliphatic carbocycles. The molecule has 4 atom stereocenters. The van der Waals surface area contributed by atoms with E-state index in [4.69, 9.17) is 13.9 Å². The minimum absolute atomic E-state index is 0.133. The molecule has 3 nitrogen and oxygen atoms in total. The average molecular weight is 521 g/mol. The molecule has 1 rings (SSSR count). The number of alkyl halides is 1. The van der Waals surface area contributed by atoms with Gasteiger partial charge in [0.05, 0.1) is 25.9 Å². The van der Waals surface area contributed by atoms with Gasteiger partial charge in [-0.3, -0.25) is 0 Å². The highest BCUT2D eigenvalue weighted by molar-refractivity contribution is 14.1. The Morgan fingerprint density at radius 1 is 1.04 bits per heavy atom. The van der Waals surface area contributed by atoms with Gasteiger partial charge in [-0.15, -0.1) is 0 Å². The first-order valence-corrected chi connectivity index (χ1v) is 14.8. The van der Waals surface area contributed by atoms with Crippen molar-refractivity contribution in [2.75, 3.05) is 11.5 Å². The van der Waals surface area contributed by atoms with E-state index in [-0.39, 0.29) is 17.2 Å². The van der Waals surface area contributed by atoms with Gasteiger partial charge in [-0.1, -0.05) is 69.3 Å². The Bertz CT molecular complexity index is 568. The summed E-state index contributed by atoms with van der Waals surface area (Å²) in [6, 6.07) is 8.11. The summed E-state index contributed by atoms with van der Waals surface area (Å²) in [6.45, 7) is 19.1. The molecule has 0 heterocycles. The summed E-state index contributed by atoms with van der Waals surface area (Å²) < 4.78 is 19.6. The molecule has 0 aliphatic heterocycles. The maximum atomic E-state index is 6.92. The zero-order valence-corrected chi connectivity index (χ0v) is 22.5. The van der Waals surface area contributed by atoms with E-state index in [0.29, 0.717) is 18.4 Å². The van der Waals surface area contributed by atoms with E-state index < -0.39 is 8.32 Å². The van der Waals surface area contributed by atoms with Crippen LogP contribution in [0.25, 0.3) is 0 Å². The second-order valence-corrected chi connectivity index (χ2v) is 15.4. The van der Waals surface area contributed by atoms with E-state index in [2.05, 4.69) is 89.4 Å². The zero-order chi connectivity index (χ0) is 21.5. The first kappa shape index (κ1) is 25.9. The van der Waals surface area contributed by atoms with E-state index in [1.165, 1.54) is 12.0 Å². The van der Waals surface area contributed by atoms with Crippen molar-refractivity contribution in [2.45, 2.75) is 84.9 Å². The lowest BCUT2D eigenvalue weighted by atomic mass is 9.88. The zero-order valence-electron chi connectivity index (χ0n) is 19.3. The van der Waals surface area contributed by atoms with Crippen molar-refractivity contribution >= 4 is 30.9 Å². The second kappa shape index (κ2) is 11.3. The summed E-state index contributed by atoms with van der Waals surface area (Å²) in [7, 11) is -0.149. The Labute approximate surface area is 188 Å².